The zero-order chi connectivity index (χ0) is 18.2. The van der Waals surface area contributed by atoms with Crippen molar-refractivity contribution in [2.45, 2.75) is 51.1 Å². The first-order chi connectivity index (χ1) is 13.3. The van der Waals surface area contributed by atoms with Gasteiger partial charge in [-0.15, -0.1) is 5.10 Å². The Balaban J connectivity index is 1.26. The minimum atomic E-state index is 0.432. The first-order valence-corrected chi connectivity index (χ1v) is 10.8. The fourth-order valence-electron chi connectivity index (χ4n) is 4.26. The second kappa shape index (κ2) is 7.20. The zero-order valence-electron chi connectivity index (χ0n) is 15.7. The third-order valence-corrected chi connectivity index (χ3v) is 6.99. The van der Waals surface area contributed by atoms with Crippen molar-refractivity contribution < 1.29 is 0 Å². The number of rotatable bonds is 5. The molecule has 1 saturated carbocycles. The van der Waals surface area contributed by atoms with E-state index >= 15 is 0 Å². The number of fused-ring (bicyclic) bond motifs is 1. The average molecular weight is 383 g/mol. The summed E-state index contributed by atoms with van der Waals surface area (Å²) < 4.78 is 1.88. The van der Waals surface area contributed by atoms with Crippen molar-refractivity contribution in [2.24, 2.45) is 5.92 Å². The highest BCUT2D eigenvalue weighted by Gasteiger charge is 2.31. The molecule has 3 aromatic rings. The molecule has 0 bridgehead atoms. The van der Waals surface area contributed by atoms with Crippen molar-refractivity contribution in [1.82, 2.24) is 24.5 Å². The van der Waals surface area contributed by atoms with Crippen LogP contribution in [-0.2, 0) is 0 Å². The molecule has 2 fully saturated rings. The van der Waals surface area contributed by atoms with E-state index in [0.717, 1.165) is 27.4 Å². The maximum atomic E-state index is 4.71. The predicted molar refractivity (Wildman–Crippen MR) is 109 cm³/mol. The van der Waals surface area contributed by atoms with Crippen LogP contribution in [0.5, 0.6) is 0 Å². The standard InChI is InChI=1S/C20H26N6S/c1-14(16-6-4-10-25(12-16)17-7-2-8-17)22-19-24-26-13-18(23-20(26)27-19)15-5-3-9-21-11-15/h3,5,9,11,13-14,16-17H,2,4,6-8,10,12H2,1H3,(H,22,24). The summed E-state index contributed by atoms with van der Waals surface area (Å²) in [6.07, 6.45) is 12.5. The highest BCUT2D eigenvalue weighted by Crippen LogP contribution is 2.31. The van der Waals surface area contributed by atoms with E-state index in [-0.39, 0.29) is 0 Å². The van der Waals surface area contributed by atoms with Gasteiger partial charge < -0.3 is 10.2 Å². The van der Waals surface area contributed by atoms with E-state index < -0.39 is 0 Å². The Bertz CT molecular complexity index is 868. The summed E-state index contributed by atoms with van der Waals surface area (Å²) in [7, 11) is 0. The normalized spacial score (nSPS) is 22.6. The van der Waals surface area contributed by atoms with Gasteiger partial charge in [-0.3, -0.25) is 4.98 Å². The molecule has 1 N–H and O–H groups in total. The van der Waals surface area contributed by atoms with Crippen LogP contribution in [0.2, 0.25) is 0 Å². The van der Waals surface area contributed by atoms with Gasteiger partial charge in [0.15, 0.2) is 0 Å². The summed E-state index contributed by atoms with van der Waals surface area (Å²) in [5, 5.41) is 9.31. The van der Waals surface area contributed by atoms with E-state index in [9.17, 15) is 0 Å². The van der Waals surface area contributed by atoms with Crippen LogP contribution in [0.25, 0.3) is 16.2 Å². The summed E-state index contributed by atoms with van der Waals surface area (Å²) in [5.41, 5.74) is 1.95. The fraction of sp³-hybridized carbons (Fsp3) is 0.550. The van der Waals surface area contributed by atoms with Gasteiger partial charge in [0, 0.05) is 36.6 Å². The number of hydrogen-bond acceptors (Lipinski definition) is 6. The number of likely N-dealkylation sites (tertiary alicyclic amines) is 1. The van der Waals surface area contributed by atoms with Crippen LogP contribution in [0.4, 0.5) is 5.13 Å². The summed E-state index contributed by atoms with van der Waals surface area (Å²) >= 11 is 1.62. The van der Waals surface area contributed by atoms with Gasteiger partial charge in [-0.1, -0.05) is 17.8 Å². The molecule has 0 aromatic carbocycles. The van der Waals surface area contributed by atoms with Crippen molar-refractivity contribution >= 4 is 21.4 Å². The molecule has 2 unspecified atom stereocenters. The molecule has 7 heteroatoms. The van der Waals surface area contributed by atoms with Crippen LogP contribution in [0.3, 0.4) is 0 Å². The molecular weight excluding hydrogens is 356 g/mol. The number of imidazole rings is 1. The van der Waals surface area contributed by atoms with Gasteiger partial charge in [0.2, 0.25) is 10.1 Å². The number of aromatic nitrogens is 4. The monoisotopic (exact) mass is 382 g/mol. The second-order valence-electron chi connectivity index (χ2n) is 7.92. The molecule has 0 radical (unpaired) electrons. The van der Waals surface area contributed by atoms with Crippen LogP contribution < -0.4 is 5.32 Å². The second-order valence-corrected chi connectivity index (χ2v) is 8.87. The molecule has 1 aliphatic carbocycles. The van der Waals surface area contributed by atoms with E-state index in [4.69, 9.17) is 10.1 Å². The highest BCUT2D eigenvalue weighted by molar-refractivity contribution is 7.20. The van der Waals surface area contributed by atoms with Crippen molar-refractivity contribution in [3.63, 3.8) is 0 Å². The van der Waals surface area contributed by atoms with E-state index in [1.54, 1.807) is 17.5 Å². The SMILES string of the molecule is CC(Nc1nn2cc(-c3cccnc3)nc2s1)C1CCCN(C2CCC2)C1. The molecule has 3 aromatic heterocycles. The predicted octanol–water partition coefficient (Wildman–Crippen LogP) is 3.92. The van der Waals surface area contributed by atoms with Crippen molar-refractivity contribution in [3.05, 3.63) is 30.7 Å². The van der Waals surface area contributed by atoms with Gasteiger partial charge in [-0.25, -0.2) is 9.50 Å². The van der Waals surface area contributed by atoms with E-state index in [2.05, 4.69) is 22.1 Å². The number of pyridine rings is 1. The molecule has 2 aliphatic rings. The molecule has 4 heterocycles. The highest BCUT2D eigenvalue weighted by atomic mass is 32.1. The summed E-state index contributed by atoms with van der Waals surface area (Å²) in [6, 6.07) is 5.25. The van der Waals surface area contributed by atoms with E-state index in [1.165, 1.54) is 45.2 Å². The van der Waals surface area contributed by atoms with E-state index in [1.807, 2.05) is 29.0 Å². The van der Waals surface area contributed by atoms with Crippen molar-refractivity contribution in [2.75, 3.05) is 18.4 Å². The number of hydrogen-bond donors (Lipinski definition) is 1. The molecule has 5 rings (SSSR count). The molecule has 2 atom stereocenters. The Morgan fingerprint density at radius 1 is 1.26 bits per heavy atom. The molecule has 6 nitrogen and oxygen atoms in total. The first-order valence-electron chi connectivity index (χ1n) is 10.0. The number of piperidine rings is 1. The lowest BCUT2D eigenvalue weighted by Crippen LogP contribution is -2.48. The molecule has 0 amide bonds. The fourth-order valence-corrected chi connectivity index (χ4v) is 5.13. The Labute approximate surface area is 163 Å². The number of nitrogens with one attached hydrogen (secondary N) is 1. The third-order valence-electron chi connectivity index (χ3n) is 6.14. The Morgan fingerprint density at radius 3 is 2.93 bits per heavy atom. The van der Waals surface area contributed by atoms with Gasteiger partial charge in [-0.2, -0.15) is 0 Å². The molecule has 142 valence electrons. The minimum absolute atomic E-state index is 0.432. The molecule has 1 aliphatic heterocycles. The van der Waals surface area contributed by atoms with Gasteiger partial charge in [0.1, 0.15) is 0 Å². The Morgan fingerprint density at radius 2 is 2.19 bits per heavy atom. The van der Waals surface area contributed by atoms with Crippen molar-refractivity contribution in [3.8, 4) is 11.3 Å². The van der Waals surface area contributed by atoms with Gasteiger partial charge in [0.05, 0.1) is 11.9 Å². The van der Waals surface area contributed by atoms with Gasteiger partial charge in [-0.05, 0) is 57.2 Å². The van der Waals surface area contributed by atoms with Crippen LogP contribution in [0, 0.1) is 5.92 Å². The number of nitrogens with zero attached hydrogens (tertiary/aromatic N) is 5. The first kappa shape index (κ1) is 17.1. The minimum Gasteiger partial charge on any atom is -0.357 e. The van der Waals surface area contributed by atoms with E-state index in [0.29, 0.717) is 12.0 Å². The summed E-state index contributed by atoms with van der Waals surface area (Å²) in [4.78, 5) is 12.5. The van der Waals surface area contributed by atoms with Crippen LogP contribution >= 0.6 is 11.3 Å². The van der Waals surface area contributed by atoms with Crippen LogP contribution in [0.15, 0.2) is 30.7 Å². The zero-order valence-corrected chi connectivity index (χ0v) is 16.5. The quantitative estimate of drug-likeness (QED) is 0.725. The lowest BCUT2D eigenvalue weighted by Gasteiger charge is -2.43. The lowest BCUT2D eigenvalue weighted by atomic mass is 9.86. The molecular formula is C20H26N6S. The summed E-state index contributed by atoms with van der Waals surface area (Å²) in [5.74, 6) is 0.696. The average Bonchev–Trinajstić information content (AvgIpc) is 3.20. The van der Waals surface area contributed by atoms with Crippen LogP contribution in [-0.4, -0.2) is 49.7 Å². The lowest BCUT2D eigenvalue weighted by molar-refractivity contribution is 0.0729. The Kier molecular flexibility index (Phi) is 4.57. The van der Waals surface area contributed by atoms with Crippen molar-refractivity contribution in [1.29, 1.82) is 0 Å². The van der Waals surface area contributed by atoms with Gasteiger partial charge >= 0.3 is 0 Å². The largest absolute Gasteiger partial charge is 0.357 e. The third kappa shape index (κ3) is 3.46. The molecule has 1 saturated heterocycles. The van der Waals surface area contributed by atoms with Gasteiger partial charge in [0.25, 0.3) is 0 Å². The Hall–Kier alpha value is -1.99. The molecule has 0 spiro atoms. The number of anilines is 1. The maximum Gasteiger partial charge on any atom is 0.214 e. The topological polar surface area (TPSA) is 58.4 Å². The smallest absolute Gasteiger partial charge is 0.214 e. The summed E-state index contributed by atoms with van der Waals surface area (Å²) in [6.45, 7) is 4.82. The van der Waals surface area contributed by atoms with Crippen LogP contribution in [0.1, 0.15) is 39.0 Å². The molecule has 27 heavy (non-hydrogen) atoms. The maximum absolute atomic E-state index is 4.71.